The van der Waals surface area contributed by atoms with Gasteiger partial charge in [0.05, 0.1) is 5.69 Å². The van der Waals surface area contributed by atoms with Gasteiger partial charge in [-0.05, 0) is 56.2 Å². The van der Waals surface area contributed by atoms with Gasteiger partial charge in [-0.3, -0.25) is 4.79 Å². The summed E-state index contributed by atoms with van der Waals surface area (Å²) in [5.41, 5.74) is 4.04. The lowest BCUT2D eigenvalue weighted by Gasteiger charge is -2.07. The largest absolute Gasteiger partial charge is 0.508 e. The van der Waals surface area contributed by atoms with Crippen LogP contribution in [0.4, 0.5) is 11.4 Å². The molecule has 19 heavy (non-hydrogen) atoms. The molecule has 0 heterocycles. The van der Waals surface area contributed by atoms with Crippen molar-refractivity contribution in [2.75, 3.05) is 5.32 Å². The van der Waals surface area contributed by atoms with E-state index in [1.807, 2.05) is 32.9 Å². The first kappa shape index (κ1) is 13.1. The van der Waals surface area contributed by atoms with Crippen molar-refractivity contribution in [1.29, 1.82) is 0 Å². The van der Waals surface area contributed by atoms with Gasteiger partial charge < -0.3 is 10.4 Å². The van der Waals surface area contributed by atoms with Crippen LogP contribution in [0.3, 0.4) is 0 Å². The van der Waals surface area contributed by atoms with Crippen molar-refractivity contribution >= 4 is 11.4 Å². The molecule has 0 aliphatic heterocycles. The summed E-state index contributed by atoms with van der Waals surface area (Å²) in [6.07, 6.45) is 0. The van der Waals surface area contributed by atoms with E-state index in [1.165, 1.54) is 0 Å². The lowest BCUT2D eigenvalue weighted by atomic mass is 10.2. The van der Waals surface area contributed by atoms with Crippen molar-refractivity contribution in [3.63, 3.8) is 0 Å². The Balaban J connectivity index is 2.52. The molecule has 0 saturated heterocycles. The number of nitrogens with one attached hydrogen (secondary N) is 1. The summed E-state index contributed by atoms with van der Waals surface area (Å²) < 4.78 is 0. The number of hydrogen-bond donors (Lipinski definition) is 2. The van der Waals surface area contributed by atoms with Gasteiger partial charge in [-0.1, -0.05) is 17.7 Å². The SMILES string of the molecule is Cc1cc(C)c(Nc2ccc(O)cc2)c(=O)c(C)c1. The van der Waals surface area contributed by atoms with Crippen LogP contribution in [0.2, 0.25) is 0 Å². The average molecular weight is 255 g/mol. The minimum atomic E-state index is -0.00123. The highest BCUT2D eigenvalue weighted by Crippen LogP contribution is 2.20. The van der Waals surface area contributed by atoms with Gasteiger partial charge in [-0.2, -0.15) is 0 Å². The number of aryl methyl sites for hydroxylation is 3. The van der Waals surface area contributed by atoms with Crippen LogP contribution in [0.5, 0.6) is 5.75 Å². The summed E-state index contributed by atoms with van der Waals surface area (Å²) in [4.78, 5) is 12.3. The van der Waals surface area contributed by atoms with Crippen molar-refractivity contribution in [3.8, 4) is 5.75 Å². The van der Waals surface area contributed by atoms with E-state index in [2.05, 4.69) is 5.32 Å². The van der Waals surface area contributed by atoms with E-state index in [9.17, 15) is 9.90 Å². The van der Waals surface area contributed by atoms with Crippen LogP contribution in [0, 0.1) is 20.8 Å². The molecule has 0 fully saturated rings. The van der Waals surface area contributed by atoms with E-state index in [1.54, 1.807) is 24.3 Å². The number of hydrogen-bond acceptors (Lipinski definition) is 3. The maximum atomic E-state index is 12.3. The van der Waals surface area contributed by atoms with Gasteiger partial charge in [0.25, 0.3) is 0 Å². The molecule has 0 spiro atoms. The molecule has 0 amide bonds. The molecule has 2 aromatic carbocycles. The Kier molecular flexibility index (Phi) is 3.56. The van der Waals surface area contributed by atoms with Crippen molar-refractivity contribution in [3.05, 3.63) is 63.3 Å². The second-order valence-electron chi connectivity index (χ2n) is 4.77. The van der Waals surface area contributed by atoms with Gasteiger partial charge in [-0.25, -0.2) is 0 Å². The molecule has 0 aliphatic rings. The first-order chi connectivity index (χ1) is 8.97. The molecule has 0 saturated carbocycles. The second kappa shape index (κ2) is 5.14. The maximum Gasteiger partial charge on any atom is 0.205 e. The third-order valence-electron chi connectivity index (χ3n) is 3.00. The van der Waals surface area contributed by atoms with Crippen LogP contribution in [-0.4, -0.2) is 5.11 Å². The second-order valence-corrected chi connectivity index (χ2v) is 4.77. The Hall–Kier alpha value is -2.29. The highest BCUT2D eigenvalue weighted by Gasteiger charge is 2.06. The number of rotatable bonds is 2. The van der Waals surface area contributed by atoms with Crippen molar-refractivity contribution < 1.29 is 5.11 Å². The molecule has 3 heteroatoms. The fraction of sp³-hybridized carbons (Fsp3) is 0.188. The first-order valence-electron chi connectivity index (χ1n) is 6.15. The summed E-state index contributed by atoms with van der Waals surface area (Å²) in [7, 11) is 0. The van der Waals surface area contributed by atoms with Crippen LogP contribution in [0.25, 0.3) is 0 Å². The Bertz CT molecular complexity index is 661. The number of phenolic OH excluding ortho intramolecular Hbond substituents is 1. The first-order valence-corrected chi connectivity index (χ1v) is 6.15. The molecule has 98 valence electrons. The van der Waals surface area contributed by atoms with Gasteiger partial charge in [0.2, 0.25) is 5.43 Å². The molecular weight excluding hydrogens is 238 g/mol. The summed E-state index contributed by atoms with van der Waals surface area (Å²) in [5.74, 6) is 0.204. The lowest BCUT2D eigenvalue weighted by molar-refractivity contribution is 0.475. The molecule has 2 N–H and O–H groups in total. The fourth-order valence-electron chi connectivity index (χ4n) is 2.08. The molecule has 0 unspecified atom stereocenters. The molecule has 3 nitrogen and oxygen atoms in total. The van der Waals surface area contributed by atoms with Crippen LogP contribution < -0.4 is 10.7 Å². The highest BCUT2D eigenvalue weighted by atomic mass is 16.3. The zero-order valence-electron chi connectivity index (χ0n) is 11.3. The highest BCUT2D eigenvalue weighted by molar-refractivity contribution is 5.64. The van der Waals surface area contributed by atoms with Gasteiger partial charge in [0.15, 0.2) is 0 Å². The third kappa shape index (κ3) is 2.94. The molecule has 0 aliphatic carbocycles. The standard InChI is InChI=1S/C16H17NO2/c1-10-8-11(2)15(16(19)12(3)9-10)17-13-4-6-14(18)7-5-13/h4-9,18H,1-3H3,(H,17,19). The molecule has 0 bridgehead atoms. The Labute approximate surface area is 112 Å². The zero-order chi connectivity index (χ0) is 14.0. The molecule has 0 atom stereocenters. The van der Waals surface area contributed by atoms with Crippen molar-refractivity contribution in [2.45, 2.75) is 20.8 Å². The Morgan fingerprint density at radius 1 is 0.947 bits per heavy atom. The van der Waals surface area contributed by atoms with E-state index in [0.29, 0.717) is 11.3 Å². The molecule has 2 rings (SSSR count). The quantitative estimate of drug-likeness (QED) is 0.808. The van der Waals surface area contributed by atoms with E-state index in [-0.39, 0.29) is 11.2 Å². The van der Waals surface area contributed by atoms with Crippen LogP contribution in [0.1, 0.15) is 16.7 Å². The summed E-state index contributed by atoms with van der Waals surface area (Å²) >= 11 is 0. The predicted molar refractivity (Wildman–Crippen MR) is 78.3 cm³/mol. The Morgan fingerprint density at radius 3 is 2.16 bits per heavy atom. The predicted octanol–water partition coefficient (Wildman–Crippen LogP) is 3.42. The fourth-order valence-corrected chi connectivity index (χ4v) is 2.08. The van der Waals surface area contributed by atoms with Crippen molar-refractivity contribution in [1.82, 2.24) is 0 Å². The minimum Gasteiger partial charge on any atom is -0.508 e. The van der Waals surface area contributed by atoms with E-state index in [4.69, 9.17) is 0 Å². The van der Waals surface area contributed by atoms with E-state index >= 15 is 0 Å². The molecule has 2 aromatic rings. The van der Waals surface area contributed by atoms with E-state index in [0.717, 1.165) is 16.8 Å². The van der Waals surface area contributed by atoms with Crippen LogP contribution in [-0.2, 0) is 0 Å². The van der Waals surface area contributed by atoms with Gasteiger partial charge in [0.1, 0.15) is 5.75 Å². The monoisotopic (exact) mass is 255 g/mol. The number of phenols is 1. The zero-order valence-corrected chi connectivity index (χ0v) is 11.3. The minimum absolute atomic E-state index is 0.00123. The molecule has 0 radical (unpaired) electrons. The number of anilines is 2. The van der Waals surface area contributed by atoms with Crippen LogP contribution >= 0.6 is 0 Å². The average Bonchev–Trinajstić information content (AvgIpc) is 2.44. The molecule has 0 aromatic heterocycles. The third-order valence-corrected chi connectivity index (χ3v) is 3.00. The number of aromatic hydroxyl groups is 1. The van der Waals surface area contributed by atoms with Crippen molar-refractivity contribution in [2.24, 2.45) is 0 Å². The Morgan fingerprint density at radius 2 is 1.53 bits per heavy atom. The van der Waals surface area contributed by atoms with E-state index < -0.39 is 0 Å². The normalized spacial score (nSPS) is 10.3. The topological polar surface area (TPSA) is 49.3 Å². The smallest absolute Gasteiger partial charge is 0.205 e. The van der Waals surface area contributed by atoms with Crippen LogP contribution in [0.15, 0.2) is 41.2 Å². The lowest BCUT2D eigenvalue weighted by Crippen LogP contribution is -2.09. The molecular formula is C16H17NO2. The maximum absolute atomic E-state index is 12.3. The number of benzene rings is 1. The summed E-state index contributed by atoms with van der Waals surface area (Å²) in [6.45, 7) is 5.71. The van der Waals surface area contributed by atoms with Gasteiger partial charge >= 0.3 is 0 Å². The van der Waals surface area contributed by atoms with Gasteiger partial charge in [-0.15, -0.1) is 0 Å². The summed E-state index contributed by atoms with van der Waals surface area (Å²) in [6, 6.07) is 10.5. The summed E-state index contributed by atoms with van der Waals surface area (Å²) in [5, 5.41) is 12.4. The van der Waals surface area contributed by atoms with Gasteiger partial charge in [0, 0.05) is 5.69 Å².